The fraction of sp³-hybridized carbons (Fsp3) is 0.375. The van der Waals surface area contributed by atoms with E-state index in [0.717, 1.165) is 24.6 Å². The number of hydrogen-bond donors (Lipinski definition) is 1. The molecule has 1 heterocycles. The van der Waals surface area contributed by atoms with Crippen LogP contribution in [-0.2, 0) is 0 Å². The summed E-state index contributed by atoms with van der Waals surface area (Å²) in [6.45, 7) is 6.99. The van der Waals surface area contributed by atoms with Crippen molar-refractivity contribution in [2.75, 3.05) is 11.9 Å². The first kappa shape index (κ1) is 14.4. The van der Waals surface area contributed by atoms with Gasteiger partial charge in [0.2, 0.25) is 0 Å². The minimum Gasteiger partial charge on any atom is -0.370 e. The van der Waals surface area contributed by atoms with Gasteiger partial charge in [0.1, 0.15) is 17.5 Å². The average molecular weight is 273 g/mol. The Morgan fingerprint density at radius 1 is 1.20 bits per heavy atom. The normalized spacial score (nSPS) is 10.8. The number of aromatic nitrogens is 2. The van der Waals surface area contributed by atoms with Crippen molar-refractivity contribution in [2.24, 2.45) is 0 Å². The molecule has 1 aromatic carbocycles. The van der Waals surface area contributed by atoms with Crippen LogP contribution in [0.2, 0.25) is 0 Å². The van der Waals surface area contributed by atoms with E-state index in [1.54, 1.807) is 18.2 Å². The van der Waals surface area contributed by atoms with Crippen LogP contribution in [0.15, 0.2) is 30.3 Å². The fourth-order valence-electron chi connectivity index (χ4n) is 1.87. The van der Waals surface area contributed by atoms with Crippen LogP contribution in [0.1, 0.15) is 38.9 Å². The van der Waals surface area contributed by atoms with Crippen LogP contribution in [0.3, 0.4) is 0 Å². The molecule has 0 saturated carbocycles. The molecule has 0 aliphatic rings. The lowest BCUT2D eigenvalue weighted by molar-refractivity contribution is 0.630. The van der Waals surface area contributed by atoms with Crippen molar-refractivity contribution in [3.05, 3.63) is 42.0 Å². The van der Waals surface area contributed by atoms with Crippen molar-refractivity contribution >= 4 is 5.82 Å². The summed E-state index contributed by atoms with van der Waals surface area (Å²) in [6, 6.07) is 8.49. The number of nitrogens with zero attached hydrogens (tertiary/aromatic N) is 2. The van der Waals surface area contributed by atoms with E-state index in [-0.39, 0.29) is 11.7 Å². The summed E-state index contributed by atoms with van der Waals surface area (Å²) in [5, 5.41) is 3.25. The van der Waals surface area contributed by atoms with Gasteiger partial charge < -0.3 is 5.32 Å². The number of halogens is 1. The molecule has 1 N–H and O–H groups in total. The van der Waals surface area contributed by atoms with Crippen molar-refractivity contribution in [1.29, 1.82) is 0 Å². The van der Waals surface area contributed by atoms with E-state index in [1.165, 1.54) is 6.07 Å². The molecular formula is C16H20FN3. The van der Waals surface area contributed by atoms with E-state index in [9.17, 15) is 4.39 Å². The van der Waals surface area contributed by atoms with Crippen LogP contribution in [0.5, 0.6) is 0 Å². The first-order chi connectivity index (χ1) is 9.61. The molecule has 0 saturated heterocycles. The highest BCUT2D eigenvalue weighted by atomic mass is 19.1. The molecule has 0 aliphatic heterocycles. The SMILES string of the molecule is CCCNc1cc(-c2ccccc2F)nc(C(C)C)n1. The van der Waals surface area contributed by atoms with E-state index in [2.05, 4.69) is 22.2 Å². The molecule has 1 aromatic heterocycles. The number of rotatable bonds is 5. The van der Waals surface area contributed by atoms with Crippen molar-refractivity contribution in [1.82, 2.24) is 9.97 Å². The maximum Gasteiger partial charge on any atom is 0.133 e. The van der Waals surface area contributed by atoms with Gasteiger partial charge in [0.15, 0.2) is 0 Å². The molecule has 0 radical (unpaired) electrons. The maximum absolute atomic E-state index is 13.9. The summed E-state index contributed by atoms with van der Waals surface area (Å²) in [6.07, 6.45) is 1.01. The van der Waals surface area contributed by atoms with Crippen molar-refractivity contribution in [2.45, 2.75) is 33.1 Å². The minimum absolute atomic E-state index is 0.198. The van der Waals surface area contributed by atoms with Gasteiger partial charge in [-0.3, -0.25) is 0 Å². The standard InChI is InChI=1S/C16H20FN3/c1-4-9-18-15-10-14(19-16(20-15)11(2)3)12-7-5-6-8-13(12)17/h5-8,10-11H,4,9H2,1-3H3,(H,18,19,20). The molecule has 0 spiro atoms. The van der Waals surface area contributed by atoms with Crippen molar-refractivity contribution < 1.29 is 4.39 Å². The summed E-state index contributed by atoms with van der Waals surface area (Å²) in [7, 11) is 0. The van der Waals surface area contributed by atoms with Gasteiger partial charge in [-0.15, -0.1) is 0 Å². The van der Waals surface area contributed by atoms with Gasteiger partial charge in [0, 0.05) is 24.1 Å². The van der Waals surface area contributed by atoms with Crippen LogP contribution in [0, 0.1) is 5.82 Å². The second kappa shape index (κ2) is 6.46. The van der Waals surface area contributed by atoms with Crippen LogP contribution in [0.4, 0.5) is 10.2 Å². The molecule has 2 rings (SSSR count). The first-order valence-electron chi connectivity index (χ1n) is 6.99. The second-order valence-corrected chi connectivity index (χ2v) is 5.06. The molecule has 3 nitrogen and oxygen atoms in total. The van der Waals surface area contributed by atoms with Gasteiger partial charge in [0.25, 0.3) is 0 Å². The van der Waals surface area contributed by atoms with Crippen molar-refractivity contribution in [3.8, 4) is 11.3 Å². The number of benzene rings is 1. The molecule has 4 heteroatoms. The lowest BCUT2D eigenvalue weighted by atomic mass is 10.1. The summed E-state index contributed by atoms with van der Waals surface area (Å²) < 4.78 is 13.9. The monoisotopic (exact) mass is 273 g/mol. The van der Waals surface area contributed by atoms with Gasteiger partial charge in [-0.2, -0.15) is 0 Å². The largest absolute Gasteiger partial charge is 0.370 e. The Bertz CT molecular complexity index is 582. The van der Waals surface area contributed by atoms with Crippen LogP contribution >= 0.6 is 0 Å². The summed E-state index contributed by atoms with van der Waals surface area (Å²) in [5.41, 5.74) is 1.14. The van der Waals surface area contributed by atoms with Gasteiger partial charge in [-0.25, -0.2) is 14.4 Å². The molecule has 20 heavy (non-hydrogen) atoms. The van der Waals surface area contributed by atoms with Crippen LogP contribution < -0.4 is 5.32 Å². The summed E-state index contributed by atoms with van der Waals surface area (Å²) in [4.78, 5) is 8.96. The third kappa shape index (κ3) is 3.32. The summed E-state index contributed by atoms with van der Waals surface area (Å²) in [5.74, 6) is 1.42. The third-order valence-corrected chi connectivity index (χ3v) is 2.97. The van der Waals surface area contributed by atoms with Crippen LogP contribution in [-0.4, -0.2) is 16.5 Å². The highest BCUT2D eigenvalue weighted by molar-refractivity contribution is 5.63. The maximum atomic E-state index is 13.9. The molecule has 0 amide bonds. The molecule has 0 unspecified atom stereocenters. The number of anilines is 1. The molecule has 0 atom stereocenters. The molecule has 106 valence electrons. The van der Waals surface area contributed by atoms with Gasteiger partial charge in [-0.1, -0.05) is 32.9 Å². The van der Waals surface area contributed by atoms with E-state index in [1.807, 2.05) is 19.9 Å². The number of hydrogen-bond acceptors (Lipinski definition) is 3. The zero-order valence-corrected chi connectivity index (χ0v) is 12.2. The molecule has 0 bridgehead atoms. The average Bonchev–Trinajstić information content (AvgIpc) is 2.45. The fourth-order valence-corrected chi connectivity index (χ4v) is 1.87. The Morgan fingerprint density at radius 2 is 1.95 bits per heavy atom. The van der Waals surface area contributed by atoms with E-state index in [4.69, 9.17) is 0 Å². The Labute approximate surface area is 119 Å². The number of nitrogens with one attached hydrogen (secondary N) is 1. The predicted molar refractivity (Wildman–Crippen MR) is 80.3 cm³/mol. The van der Waals surface area contributed by atoms with Gasteiger partial charge in [0.05, 0.1) is 5.69 Å². The highest BCUT2D eigenvalue weighted by Crippen LogP contribution is 2.24. The second-order valence-electron chi connectivity index (χ2n) is 5.06. The zero-order valence-electron chi connectivity index (χ0n) is 12.2. The van der Waals surface area contributed by atoms with Gasteiger partial charge in [-0.05, 0) is 18.6 Å². The minimum atomic E-state index is -0.262. The smallest absolute Gasteiger partial charge is 0.133 e. The highest BCUT2D eigenvalue weighted by Gasteiger charge is 2.11. The molecule has 0 aliphatic carbocycles. The lowest BCUT2D eigenvalue weighted by Crippen LogP contribution is -2.07. The van der Waals surface area contributed by atoms with Gasteiger partial charge >= 0.3 is 0 Å². The lowest BCUT2D eigenvalue weighted by Gasteiger charge is -2.12. The first-order valence-corrected chi connectivity index (χ1v) is 6.99. The quantitative estimate of drug-likeness (QED) is 0.886. The zero-order chi connectivity index (χ0) is 14.5. The third-order valence-electron chi connectivity index (χ3n) is 2.97. The van der Waals surface area contributed by atoms with E-state index < -0.39 is 0 Å². The van der Waals surface area contributed by atoms with Crippen LogP contribution in [0.25, 0.3) is 11.3 Å². The Kier molecular flexibility index (Phi) is 4.66. The predicted octanol–water partition coefficient (Wildman–Crippen LogP) is 4.23. The topological polar surface area (TPSA) is 37.8 Å². The molecule has 2 aromatic rings. The Hall–Kier alpha value is -1.97. The molecular weight excluding hydrogens is 253 g/mol. The van der Waals surface area contributed by atoms with E-state index >= 15 is 0 Å². The van der Waals surface area contributed by atoms with Crippen molar-refractivity contribution in [3.63, 3.8) is 0 Å². The summed E-state index contributed by atoms with van der Waals surface area (Å²) >= 11 is 0. The molecule has 0 fully saturated rings. The Balaban J connectivity index is 2.46. The van der Waals surface area contributed by atoms with E-state index in [0.29, 0.717) is 11.3 Å². The Morgan fingerprint density at radius 3 is 2.60 bits per heavy atom.